The van der Waals surface area contributed by atoms with E-state index in [2.05, 4.69) is 22.1 Å². The van der Waals surface area contributed by atoms with Gasteiger partial charge < -0.3 is 9.47 Å². The number of ether oxygens (including phenoxy) is 2. The fraction of sp³-hybridized carbons (Fsp3) is 0.556. The number of rotatable bonds is 6. The summed E-state index contributed by atoms with van der Waals surface area (Å²) in [6, 6.07) is 0. The molecule has 0 aliphatic rings. The highest BCUT2D eigenvalue weighted by Gasteiger charge is 2.11. The molecule has 0 rings (SSSR count). The van der Waals surface area contributed by atoms with Crippen molar-refractivity contribution in [1.82, 2.24) is 0 Å². The second-order valence-electron chi connectivity index (χ2n) is 2.46. The number of thioether (sulfide) groups is 1. The fourth-order valence-corrected chi connectivity index (χ4v) is 1.82. The molecule has 0 amide bonds. The summed E-state index contributed by atoms with van der Waals surface area (Å²) in [5, 5.41) is 0. The highest BCUT2D eigenvalue weighted by molar-refractivity contribution is 8.00. The van der Waals surface area contributed by atoms with E-state index < -0.39 is 11.9 Å². The predicted octanol–water partition coefficient (Wildman–Crippen LogP) is 0.922. The Bertz CT molecular complexity index is 250. The lowest BCUT2D eigenvalue weighted by atomic mass is 10.3. The zero-order chi connectivity index (χ0) is 11.7. The van der Waals surface area contributed by atoms with Crippen LogP contribution in [0.3, 0.4) is 0 Å². The smallest absolute Gasteiger partial charge is 0.334 e. The van der Waals surface area contributed by atoms with Gasteiger partial charge in [0.25, 0.3) is 0 Å². The summed E-state index contributed by atoms with van der Waals surface area (Å²) in [5.41, 5.74) is 0.302. The lowest BCUT2D eigenvalue weighted by molar-refractivity contribution is -0.138. The first-order valence-electron chi connectivity index (χ1n) is 4.21. The van der Waals surface area contributed by atoms with Crippen LogP contribution < -0.4 is 0 Å². The second kappa shape index (κ2) is 8.67. The molecule has 0 atom stereocenters. The zero-order valence-corrected chi connectivity index (χ0v) is 10.4. The summed E-state index contributed by atoms with van der Waals surface area (Å²) >= 11 is 5.54. The molecule has 0 aliphatic heterocycles. The van der Waals surface area contributed by atoms with Gasteiger partial charge in [-0.25, -0.2) is 9.59 Å². The van der Waals surface area contributed by atoms with Crippen LogP contribution in [0.15, 0.2) is 11.6 Å². The minimum Gasteiger partial charge on any atom is -0.466 e. The second-order valence-corrected chi connectivity index (χ2v) is 4.01. The van der Waals surface area contributed by atoms with Crippen molar-refractivity contribution in [3.05, 3.63) is 11.6 Å². The molecule has 0 unspecified atom stereocenters. The summed E-state index contributed by atoms with van der Waals surface area (Å²) < 4.78 is 8.98. The average molecular weight is 250 g/mol. The fourth-order valence-electron chi connectivity index (χ4n) is 0.738. The van der Waals surface area contributed by atoms with Gasteiger partial charge in [0, 0.05) is 17.6 Å². The molecule has 0 heterocycles. The molecule has 0 aromatic rings. The summed E-state index contributed by atoms with van der Waals surface area (Å²) in [4.78, 5) is 22.2. The minimum absolute atomic E-state index is 0.302. The van der Waals surface area contributed by atoms with Gasteiger partial charge >= 0.3 is 11.9 Å². The molecular formula is C9H14O4S2. The van der Waals surface area contributed by atoms with Gasteiger partial charge in [0.1, 0.15) is 0 Å². The zero-order valence-electron chi connectivity index (χ0n) is 8.69. The van der Waals surface area contributed by atoms with E-state index in [9.17, 15) is 9.59 Å². The standard InChI is InChI=1S/C9H14O4S2/c1-12-8(10)5-7(9(11)13-2)6-15-4-3-14/h5,14H,3-4,6H2,1-2H3/b7-5-. The molecule has 0 saturated carbocycles. The van der Waals surface area contributed by atoms with Crippen LogP contribution in [0.5, 0.6) is 0 Å². The Morgan fingerprint density at radius 2 is 2.00 bits per heavy atom. The van der Waals surface area contributed by atoms with E-state index in [1.807, 2.05) is 0 Å². The van der Waals surface area contributed by atoms with Crippen LogP contribution in [0.4, 0.5) is 0 Å². The van der Waals surface area contributed by atoms with Crippen molar-refractivity contribution in [3.63, 3.8) is 0 Å². The average Bonchev–Trinajstić information content (AvgIpc) is 2.26. The molecule has 15 heavy (non-hydrogen) atoms. The third-order valence-electron chi connectivity index (χ3n) is 1.43. The maximum atomic E-state index is 11.2. The molecule has 0 N–H and O–H groups in total. The Morgan fingerprint density at radius 3 is 2.47 bits per heavy atom. The van der Waals surface area contributed by atoms with E-state index in [0.717, 1.165) is 17.6 Å². The van der Waals surface area contributed by atoms with Crippen LogP contribution in [-0.2, 0) is 19.1 Å². The van der Waals surface area contributed by atoms with Crippen molar-refractivity contribution in [2.75, 3.05) is 31.5 Å². The first-order valence-corrected chi connectivity index (χ1v) is 5.99. The van der Waals surface area contributed by atoms with Crippen molar-refractivity contribution in [3.8, 4) is 0 Å². The number of thiol groups is 1. The number of hydrogen-bond acceptors (Lipinski definition) is 6. The predicted molar refractivity (Wildman–Crippen MR) is 63.3 cm³/mol. The molecule has 6 heteroatoms. The van der Waals surface area contributed by atoms with Crippen LogP contribution in [-0.4, -0.2) is 43.4 Å². The highest BCUT2D eigenvalue weighted by atomic mass is 32.2. The van der Waals surface area contributed by atoms with Gasteiger partial charge in [-0.05, 0) is 5.75 Å². The molecule has 0 fully saturated rings. The van der Waals surface area contributed by atoms with E-state index in [1.54, 1.807) is 0 Å². The Hall–Kier alpha value is -0.620. The Morgan fingerprint density at radius 1 is 1.33 bits per heavy atom. The first-order chi connectivity index (χ1) is 7.15. The van der Waals surface area contributed by atoms with Gasteiger partial charge in [-0.15, -0.1) is 0 Å². The van der Waals surface area contributed by atoms with Crippen molar-refractivity contribution in [2.45, 2.75) is 0 Å². The highest BCUT2D eigenvalue weighted by Crippen LogP contribution is 2.10. The van der Waals surface area contributed by atoms with Gasteiger partial charge in [0.05, 0.1) is 19.8 Å². The summed E-state index contributed by atoms with van der Waals surface area (Å²) in [7, 11) is 2.53. The molecule has 0 aromatic heterocycles. The van der Waals surface area contributed by atoms with Crippen LogP contribution >= 0.6 is 24.4 Å². The van der Waals surface area contributed by atoms with Gasteiger partial charge in [0.2, 0.25) is 0 Å². The van der Waals surface area contributed by atoms with E-state index in [4.69, 9.17) is 0 Å². The lowest BCUT2D eigenvalue weighted by Gasteiger charge is -2.04. The van der Waals surface area contributed by atoms with Crippen LogP contribution in [0.2, 0.25) is 0 Å². The molecule has 0 aromatic carbocycles. The number of carbonyl (C=O) groups is 2. The molecule has 0 spiro atoms. The Kier molecular flexibility index (Phi) is 8.31. The lowest BCUT2D eigenvalue weighted by Crippen LogP contribution is -2.10. The Balaban J connectivity index is 4.37. The van der Waals surface area contributed by atoms with Gasteiger partial charge in [-0.2, -0.15) is 24.4 Å². The summed E-state index contributed by atoms with van der Waals surface area (Å²) in [5.74, 6) is 0.882. The van der Waals surface area contributed by atoms with E-state index in [-0.39, 0.29) is 0 Å². The molecule has 0 aliphatic carbocycles. The van der Waals surface area contributed by atoms with E-state index in [1.165, 1.54) is 26.0 Å². The van der Waals surface area contributed by atoms with E-state index >= 15 is 0 Å². The van der Waals surface area contributed by atoms with Crippen molar-refractivity contribution in [2.24, 2.45) is 0 Å². The molecule has 86 valence electrons. The molecule has 0 bridgehead atoms. The van der Waals surface area contributed by atoms with Crippen LogP contribution in [0, 0.1) is 0 Å². The molecular weight excluding hydrogens is 236 g/mol. The minimum atomic E-state index is -0.554. The first kappa shape index (κ1) is 14.4. The molecule has 4 nitrogen and oxygen atoms in total. The van der Waals surface area contributed by atoms with Crippen molar-refractivity contribution >= 4 is 36.3 Å². The quantitative estimate of drug-likeness (QED) is 0.329. The maximum absolute atomic E-state index is 11.2. The van der Waals surface area contributed by atoms with Crippen LogP contribution in [0.1, 0.15) is 0 Å². The van der Waals surface area contributed by atoms with Gasteiger partial charge in [-0.1, -0.05) is 0 Å². The monoisotopic (exact) mass is 250 g/mol. The van der Waals surface area contributed by atoms with Gasteiger partial charge in [-0.3, -0.25) is 0 Å². The Labute approximate surface area is 98.8 Å². The third-order valence-corrected chi connectivity index (χ3v) is 2.97. The van der Waals surface area contributed by atoms with Crippen LogP contribution in [0.25, 0.3) is 0 Å². The number of methoxy groups -OCH3 is 2. The maximum Gasteiger partial charge on any atom is 0.334 e. The SMILES string of the molecule is COC(=O)/C=C(/CSCCS)C(=O)OC. The number of carbonyl (C=O) groups excluding carboxylic acids is 2. The largest absolute Gasteiger partial charge is 0.466 e. The molecule has 0 radical (unpaired) electrons. The third kappa shape index (κ3) is 6.46. The topological polar surface area (TPSA) is 52.6 Å². The summed E-state index contributed by atoms with van der Waals surface area (Å²) in [6.45, 7) is 0. The van der Waals surface area contributed by atoms with E-state index in [0.29, 0.717) is 11.3 Å². The number of esters is 2. The van der Waals surface area contributed by atoms with Crippen molar-refractivity contribution in [1.29, 1.82) is 0 Å². The normalized spacial score (nSPS) is 11.0. The summed E-state index contributed by atoms with van der Waals surface area (Å²) in [6.07, 6.45) is 1.15. The van der Waals surface area contributed by atoms with Crippen molar-refractivity contribution < 1.29 is 19.1 Å². The van der Waals surface area contributed by atoms with Gasteiger partial charge in [0.15, 0.2) is 0 Å². The molecule has 0 saturated heterocycles. The number of hydrogen-bond donors (Lipinski definition) is 1.